The molecule has 28 heavy (non-hydrogen) atoms. The summed E-state index contributed by atoms with van der Waals surface area (Å²) in [6.45, 7) is 5.73. The zero-order valence-corrected chi connectivity index (χ0v) is 19.3. The van der Waals surface area contributed by atoms with Gasteiger partial charge in [-0.1, -0.05) is 78.1 Å². The summed E-state index contributed by atoms with van der Waals surface area (Å²) in [6, 6.07) is 0. The largest absolute Gasteiger partial charge is 0.378 e. The van der Waals surface area contributed by atoms with Crippen molar-refractivity contribution in [1.29, 1.82) is 0 Å². The van der Waals surface area contributed by atoms with Gasteiger partial charge in [0, 0.05) is 6.61 Å². The van der Waals surface area contributed by atoms with Crippen LogP contribution in [0.3, 0.4) is 0 Å². The van der Waals surface area contributed by atoms with Gasteiger partial charge in [-0.25, -0.2) is 0 Å². The summed E-state index contributed by atoms with van der Waals surface area (Å²) < 4.78 is 6.32. The third-order valence-corrected chi connectivity index (χ3v) is 8.75. The fourth-order valence-electron chi connectivity index (χ4n) is 6.92. The van der Waals surface area contributed by atoms with Crippen LogP contribution in [0.25, 0.3) is 0 Å². The Morgan fingerprint density at radius 3 is 1.46 bits per heavy atom. The van der Waals surface area contributed by atoms with E-state index in [9.17, 15) is 0 Å². The third-order valence-electron chi connectivity index (χ3n) is 8.75. The maximum Gasteiger partial charge on any atom is 0.0575 e. The molecule has 164 valence electrons. The van der Waals surface area contributed by atoms with Crippen molar-refractivity contribution in [2.24, 2.45) is 29.6 Å². The monoisotopic (exact) mass is 390 g/mol. The molecule has 0 aliphatic heterocycles. The molecule has 0 aromatic rings. The first kappa shape index (κ1) is 22.6. The van der Waals surface area contributed by atoms with Gasteiger partial charge in [0.15, 0.2) is 0 Å². The van der Waals surface area contributed by atoms with Gasteiger partial charge in [0.2, 0.25) is 0 Å². The molecule has 0 aromatic carbocycles. The summed E-state index contributed by atoms with van der Waals surface area (Å²) in [7, 11) is 0. The summed E-state index contributed by atoms with van der Waals surface area (Å²) in [5.41, 5.74) is 0. The molecule has 0 spiro atoms. The number of hydrogen-bond donors (Lipinski definition) is 0. The summed E-state index contributed by atoms with van der Waals surface area (Å²) in [5.74, 6) is 5.20. The summed E-state index contributed by atoms with van der Waals surface area (Å²) in [6.07, 6.45) is 26.8. The first-order valence-corrected chi connectivity index (χ1v) is 13.4. The van der Waals surface area contributed by atoms with E-state index in [1.807, 2.05) is 0 Å². The summed E-state index contributed by atoms with van der Waals surface area (Å²) >= 11 is 0. The van der Waals surface area contributed by atoms with E-state index in [-0.39, 0.29) is 0 Å². The molecule has 3 rings (SSSR count). The molecule has 0 unspecified atom stereocenters. The van der Waals surface area contributed by atoms with Crippen molar-refractivity contribution in [1.82, 2.24) is 0 Å². The highest BCUT2D eigenvalue weighted by atomic mass is 16.5. The molecule has 0 radical (unpaired) electrons. The Morgan fingerprint density at radius 2 is 0.964 bits per heavy atom. The van der Waals surface area contributed by atoms with Crippen molar-refractivity contribution in [3.05, 3.63) is 0 Å². The molecule has 0 saturated heterocycles. The molecule has 3 fully saturated rings. The molecule has 0 amide bonds. The lowest BCUT2D eigenvalue weighted by atomic mass is 9.70. The minimum absolute atomic E-state index is 0.591. The van der Waals surface area contributed by atoms with Gasteiger partial charge in [-0.15, -0.1) is 0 Å². The van der Waals surface area contributed by atoms with Gasteiger partial charge < -0.3 is 4.74 Å². The average Bonchev–Trinajstić information content (AvgIpc) is 2.74. The van der Waals surface area contributed by atoms with E-state index in [4.69, 9.17) is 4.74 Å². The smallest absolute Gasteiger partial charge is 0.0575 e. The van der Waals surface area contributed by atoms with E-state index < -0.39 is 0 Å². The normalized spacial score (nSPS) is 37.1. The first-order chi connectivity index (χ1) is 13.8. The van der Waals surface area contributed by atoms with Gasteiger partial charge in [0.25, 0.3) is 0 Å². The molecule has 3 aliphatic carbocycles. The molecule has 3 saturated carbocycles. The van der Waals surface area contributed by atoms with Crippen LogP contribution < -0.4 is 0 Å². The van der Waals surface area contributed by atoms with Crippen LogP contribution in [0, 0.1) is 29.6 Å². The molecule has 0 aromatic heterocycles. The third kappa shape index (κ3) is 7.33. The molecule has 0 atom stereocenters. The predicted octanol–water partition coefficient (Wildman–Crippen LogP) is 8.56. The fourth-order valence-corrected chi connectivity index (χ4v) is 6.92. The lowest BCUT2D eigenvalue weighted by Gasteiger charge is -2.38. The second-order valence-corrected chi connectivity index (χ2v) is 10.8. The highest BCUT2D eigenvalue weighted by Gasteiger charge is 2.31. The maximum atomic E-state index is 6.32. The quantitative estimate of drug-likeness (QED) is 0.339. The predicted molar refractivity (Wildman–Crippen MR) is 122 cm³/mol. The fraction of sp³-hybridized carbons (Fsp3) is 1.00. The molecule has 0 N–H and O–H groups in total. The van der Waals surface area contributed by atoms with Gasteiger partial charge in [-0.2, -0.15) is 0 Å². The second-order valence-electron chi connectivity index (χ2n) is 10.8. The van der Waals surface area contributed by atoms with Crippen molar-refractivity contribution in [3.8, 4) is 0 Å². The van der Waals surface area contributed by atoms with Crippen molar-refractivity contribution < 1.29 is 4.74 Å². The van der Waals surface area contributed by atoms with Crippen LogP contribution in [-0.2, 0) is 4.74 Å². The van der Waals surface area contributed by atoms with Crippen LogP contribution in [0.4, 0.5) is 0 Å². The maximum absolute atomic E-state index is 6.32. The molecular formula is C27H50O. The van der Waals surface area contributed by atoms with E-state index in [0.717, 1.165) is 36.2 Å². The van der Waals surface area contributed by atoms with E-state index in [0.29, 0.717) is 6.10 Å². The Balaban J connectivity index is 1.21. The van der Waals surface area contributed by atoms with Crippen LogP contribution in [0.15, 0.2) is 0 Å². The Hall–Kier alpha value is -0.0400. The van der Waals surface area contributed by atoms with Crippen molar-refractivity contribution in [2.45, 2.75) is 136 Å². The van der Waals surface area contributed by atoms with Crippen LogP contribution in [0.5, 0.6) is 0 Å². The highest BCUT2D eigenvalue weighted by Crippen LogP contribution is 2.41. The topological polar surface area (TPSA) is 9.23 Å². The van der Waals surface area contributed by atoms with E-state index in [1.165, 1.54) is 116 Å². The van der Waals surface area contributed by atoms with E-state index >= 15 is 0 Å². The average molecular weight is 391 g/mol. The molecule has 1 nitrogen and oxygen atoms in total. The van der Waals surface area contributed by atoms with Crippen molar-refractivity contribution >= 4 is 0 Å². The minimum Gasteiger partial charge on any atom is -0.378 e. The van der Waals surface area contributed by atoms with Crippen molar-refractivity contribution in [2.75, 3.05) is 6.61 Å². The van der Waals surface area contributed by atoms with Gasteiger partial charge in [0.1, 0.15) is 0 Å². The SMILES string of the molecule is CCCC1CCC(CCCOC2CCC([C@H]3CC[C@H](CCC)CC3)CC2)CC1. The zero-order valence-electron chi connectivity index (χ0n) is 19.3. The van der Waals surface area contributed by atoms with Crippen LogP contribution in [-0.4, -0.2) is 12.7 Å². The molecule has 0 bridgehead atoms. The Bertz CT molecular complexity index is 381. The standard InChI is InChI=1S/C27H50O/c1-3-6-22-9-11-24(12-10-22)8-5-21-28-27-19-17-26(18-20-27)25-15-13-23(7-4-2)14-16-25/h22-27H,3-21H2,1-2H3/t22?,23-,24?,25-,26?,27?. The number of ether oxygens (including phenoxy) is 1. The number of rotatable bonds is 10. The highest BCUT2D eigenvalue weighted by molar-refractivity contribution is 4.82. The van der Waals surface area contributed by atoms with Gasteiger partial charge in [-0.3, -0.25) is 0 Å². The zero-order chi connectivity index (χ0) is 19.6. The van der Waals surface area contributed by atoms with Crippen LogP contribution in [0.2, 0.25) is 0 Å². The molecule has 0 heterocycles. The summed E-state index contributed by atoms with van der Waals surface area (Å²) in [4.78, 5) is 0. The first-order valence-electron chi connectivity index (χ1n) is 13.4. The van der Waals surface area contributed by atoms with Crippen LogP contribution >= 0.6 is 0 Å². The van der Waals surface area contributed by atoms with Crippen LogP contribution in [0.1, 0.15) is 129 Å². The minimum atomic E-state index is 0.591. The molecular weight excluding hydrogens is 340 g/mol. The van der Waals surface area contributed by atoms with E-state index in [1.54, 1.807) is 0 Å². The summed E-state index contributed by atoms with van der Waals surface area (Å²) in [5, 5.41) is 0. The Morgan fingerprint density at radius 1 is 0.536 bits per heavy atom. The number of hydrogen-bond acceptors (Lipinski definition) is 1. The molecule has 1 heteroatoms. The lowest BCUT2D eigenvalue weighted by molar-refractivity contribution is 0.00370. The van der Waals surface area contributed by atoms with E-state index in [2.05, 4.69) is 13.8 Å². The van der Waals surface area contributed by atoms with Crippen molar-refractivity contribution in [3.63, 3.8) is 0 Å². The second kappa shape index (κ2) is 12.6. The lowest BCUT2D eigenvalue weighted by Crippen LogP contribution is -2.28. The van der Waals surface area contributed by atoms with Gasteiger partial charge in [-0.05, 0) is 81.0 Å². The molecule has 3 aliphatic rings. The van der Waals surface area contributed by atoms with Gasteiger partial charge in [0.05, 0.1) is 6.10 Å². The Labute approximate surface area is 176 Å². The van der Waals surface area contributed by atoms with Gasteiger partial charge >= 0.3 is 0 Å². The Kier molecular flexibility index (Phi) is 10.2.